The molecule has 0 spiro atoms. The van der Waals surface area contributed by atoms with Crippen molar-refractivity contribution in [3.63, 3.8) is 0 Å². The van der Waals surface area contributed by atoms with Gasteiger partial charge in [0.25, 0.3) is 0 Å². The van der Waals surface area contributed by atoms with Gasteiger partial charge in [-0.1, -0.05) is 0 Å². The Morgan fingerprint density at radius 3 is 1.00 bits per heavy atom. The van der Waals surface area contributed by atoms with Gasteiger partial charge in [-0.15, -0.1) is 0 Å². The average Bonchev–Trinajstić information content (AvgIpc) is 3.06. The lowest BCUT2D eigenvalue weighted by Crippen LogP contribution is -2.21. The second kappa shape index (κ2) is 1.33. The van der Waals surface area contributed by atoms with Gasteiger partial charge in [0.2, 0.25) is 0 Å². The molecule has 6 aliphatic rings. The van der Waals surface area contributed by atoms with E-state index in [1.165, 1.54) is 59.2 Å². The van der Waals surface area contributed by atoms with Gasteiger partial charge in [-0.25, -0.2) is 0 Å². The van der Waals surface area contributed by atoms with Crippen LogP contribution in [-0.2, 0) is 0 Å². The fourth-order valence-electron chi connectivity index (χ4n) is 6.80. The second-order valence-corrected chi connectivity index (χ2v) is 7.00. The molecule has 0 aromatic carbocycles. The lowest BCUT2D eigenvalue weighted by Gasteiger charge is -2.25. The molecular weight excluding hydrogens is 156 g/mol. The Morgan fingerprint density at radius 1 is 0.385 bits per heavy atom. The van der Waals surface area contributed by atoms with Crippen molar-refractivity contribution in [3.05, 3.63) is 0 Å². The van der Waals surface area contributed by atoms with Gasteiger partial charge in [-0.2, -0.15) is 0 Å². The first-order valence-electron chi connectivity index (χ1n) is 6.45. The summed E-state index contributed by atoms with van der Waals surface area (Å²) in [5, 5.41) is 0. The van der Waals surface area contributed by atoms with Crippen LogP contribution < -0.4 is 0 Å². The predicted molar refractivity (Wildman–Crippen MR) is 48.8 cm³/mol. The van der Waals surface area contributed by atoms with E-state index in [2.05, 4.69) is 0 Å². The van der Waals surface area contributed by atoms with Gasteiger partial charge in [0.05, 0.1) is 0 Å². The van der Waals surface area contributed by atoms with Crippen LogP contribution in [0.15, 0.2) is 0 Å². The van der Waals surface area contributed by atoms with Crippen LogP contribution in [-0.4, -0.2) is 0 Å². The largest absolute Gasteiger partial charge is 0.0465 e. The van der Waals surface area contributed by atoms with Crippen LogP contribution in [0, 0.1) is 59.2 Å². The molecular formula is C13H16. The van der Waals surface area contributed by atoms with E-state index >= 15 is 0 Å². The molecule has 6 saturated carbocycles. The molecule has 0 saturated heterocycles. The monoisotopic (exact) mass is 172 g/mol. The van der Waals surface area contributed by atoms with Crippen LogP contribution in [0.1, 0.15) is 19.3 Å². The third-order valence-electron chi connectivity index (χ3n) is 6.97. The van der Waals surface area contributed by atoms with Crippen molar-refractivity contribution in [2.45, 2.75) is 19.3 Å². The molecule has 6 aliphatic carbocycles. The van der Waals surface area contributed by atoms with E-state index in [1.807, 2.05) is 0 Å². The van der Waals surface area contributed by atoms with Crippen molar-refractivity contribution < 1.29 is 0 Å². The molecule has 6 fully saturated rings. The van der Waals surface area contributed by atoms with Crippen LogP contribution in [0.25, 0.3) is 0 Å². The van der Waals surface area contributed by atoms with E-state index in [-0.39, 0.29) is 0 Å². The van der Waals surface area contributed by atoms with Crippen molar-refractivity contribution in [1.29, 1.82) is 0 Å². The Labute approximate surface area is 79.1 Å². The number of hydrogen-bond donors (Lipinski definition) is 0. The first-order chi connectivity index (χ1) is 6.45. The molecule has 0 aromatic heterocycles. The molecule has 2 unspecified atom stereocenters. The summed E-state index contributed by atoms with van der Waals surface area (Å²) in [6.45, 7) is 0. The summed E-state index contributed by atoms with van der Waals surface area (Å²) in [5.74, 6) is 12.8. The lowest BCUT2D eigenvalue weighted by atomic mass is 9.80. The molecule has 0 heteroatoms. The summed E-state index contributed by atoms with van der Waals surface area (Å²) < 4.78 is 0. The van der Waals surface area contributed by atoms with Gasteiger partial charge in [0.15, 0.2) is 0 Å². The molecule has 0 bridgehead atoms. The number of hydrogen-bond acceptors (Lipinski definition) is 0. The summed E-state index contributed by atoms with van der Waals surface area (Å²) >= 11 is 0. The highest BCUT2D eigenvalue weighted by Gasteiger charge is 2.81. The molecule has 13 heavy (non-hydrogen) atoms. The Morgan fingerprint density at radius 2 is 0.692 bits per heavy atom. The third-order valence-corrected chi connectivity index (χ3v) is 6.97. The first-order valence-corrected chi connectivity index (χ1v) is 6.45. The molecule has 8 atom stereocenters. The van der Waals surface area contributed by atoms with Crippen molar-refractivity contribution in [1.82, 2.24) is 0 Å². The predicted octanol–water partition coefficient (Wildman–Crippen LogP) is 2.40. The van der Waals surface area contributed by atoms with Crippen LogP contribution in [0.2, 0.25) is 0 Å². The SMILES string of the molecule is C1[C@@H]2C3C4C([C@@H]12)[C@H]1C[C@H]1C4[C@@H]1C[C@H]31. The maximum Gasteiger partial charge on any atom is -0.0313 e. The van der Waals surface area contributed by atoms with Gasteiger partial charge < -0.3 is 0 Å². The number of rotatable bonds is 0. The zero-order chi connectivity index (χ0) is 7.89. The fraction of sp³-hybridized carbons (Fsp3) is 1.00. The molecule has 0 N–H and O–H groups in total. The minimum atomic E-state index is 1.27. The highest BCUT2D eigenvalue weighted by molar-refractivity contribution is 5.28. The molecule has 6 rings (SSSR count). The first kappa shape index (κ1) is 5.78. The zero-order valence-electron chi connectivity index (χ0n) is 7.89. The summed E-state index contributed by atoms with van der Waals surface area (Å²) in [7, 11) is 0. The normalized spacial score (nSPS) is 88.6. The van der Waals surface area contributed by atoms with Gasteiger partial charge in [0.1, 0.15) is 0 Å². The second-order valence-electron chi connectivity index (χ2n) is 7.00. The van der Waals surface area contributed by atoms with Gasteiger partial charge >= 0.3 is 0 Å². The molecule has 0 amide bonds. The molecule has 0 heterocycles. The Kier molecular flexibility index (Phi) is 0.593. The van der Waals surface area contributed by atoms with E-state index in [4.69, 9.17) is 0 Å². The Hall–Kier alpha value is 0. The van der Waals surface area contributed by atoms with Gasteiger partial charge in [-0.05, 0) is 78.4 Å². The number of fused-ring (bicyclic) bond motifs is 9. The van der Waals surface area contributed by atoms with Gasteiger partial charge in [0, 0.05) is 0 Å². The average molecular weight is 172 g/mol. The topological polar surface area (TPSA) is 0 Å². The Balaban J connectivity index is 1.64. The molecule has 0 aliphatic heterocycles. The zero-order valence-corrected chi connectivity index (χ0v) is 7.89. The smallest absolute Gasteiger partial charge is 0.0313 e. The summed E-state index contributed by atoms with van der Waals surface area (Å²) in [4.78, 5) is 0. The van der Waals surface area contributed by atoms with E-state index in [0.717, 1.165) is 0 Å². The van der Waals surface area contributed by atoms with Crippen molar-refractivity contribution in [2.24, 2.45) is 59.2 Å². The molecule has 68 valence electrons. The van der Waals surface area contributed by atoms with E-state index in [1.54, 1.807) is 19.3 Å². The van der Waals surface area contributed by atoms with E-state index in [9.17, 15) is 0 Å². The summed E-state index contributed by atoms with van der Waals surface area (Å²) in [6, 6.07) is 0. The van der Waals surface area contributed by atoms with Crippen LogP contribution >= 0.6 is 0 Å². The summed E-state index contributed by atoms with van der Waals surface area (Å²) in [5.41, 5.74) is 0. The molecule has 0 nitrogen and oxygen atoms in total. The van der Waals surface area contributed by atoms with Crippen molar-refractivity contribution >= 4 is 0 Å². The lowest BCUT2D eigenvalue weighted by molar-refractivity contribution is 0.222. The highest BCUT2D eigenvalue weighted by atomic mass is 14.9. The van der Waals surface area contributed by atoms with Crippen LogP contribution in [0.4, 0.5) is 0 Å². The Bertz CT molecular complexity index is 257. The molecule has 0 aromatic rings. The van der Waals surface area contributed by atoms with Crippen LogP contribution in [0.5, 0.6) is 0 Å². The standard InChI is InChI=1S/C13H16/c1-4-5(1)11-7-3-9(7)12-8-2-6(8)10(4)13(11)12/h4-13H,1-3H2/t4-,5-,6-,7-,8+,9+,10?,11?,12?,13?/m0/s1. The minimum Gasteiger partial charge on any atom is -0.0465 e. The van der Waals surface area contributed by atoms with Crippen molar-refractivity contribution in [2.75, 3.05) is 0 Å². The van der Waals surface area contributed by atoms with E-state index < -0.39 is 0 Å². The molecule has 0 radical (unpaired) electrons. The maximum absolute atomic E-state index is 1.67. The van der Waals surface area contributed by atoms with Gasteiger partial charge in [-0.3, -0.25) is 0 Å². The quantitative estimate of drug-likeness (QED) is 0.526. The summed E-state index contributed by atoms with van der Waals surface area (Å²) in [6.07, 6.45) is 5.01. The van der Waals surface area contributed by atoms with Crippen molar-refractivity contribution in [3.8, 4) is 0 Å². The van der Waals surface area contributed by atoms with E-state index in [0.29, 0.717) is 0 Å². The maximum atomic E-state index is 1.67. The minimum absolute atomic E-state index is 1.27. The third kappa shape index (κ3) is 0.412. The highest BCUT2D eigenvalue weighted by Crippen LogP contribution is 2.86. The van der Waals surface area contributed by atoms with Crippen LogP contribution in [0.3, 0.4) is 0 Å². The fourth-order valence-corrected chi connectivity index (χ4v) is 6.80.